The van der Waals surface area contributed by atoms with E-state index in [1.807, 2.05) is 19.0 Å². The molecule has 0 bridgehead atoms. The molecule has 18 heavy (non-hydrogen) atoms. The molecular formula is C11H19BrN4O2. The quantitative estimate of drug-likeness (QED) is 0.747. The third kappa shape index (κ3) is 4.40. The van der Waals surface area contributed by atoms with E-state index in [1.54, 1.807) is 13.3 Å². The van der Waals surface area contributed by atoms with Crippen LogP contribution in [0.5, 0.6) is 0 Å². The summed E-state index contributed by atoms with van der Waals surface area (Å²) in [5.74, 6) is 0. The molecule has 0 aliphatic rings. The van der Waals surface area contributed by atoms with Crippen LogP contribution in [0.4, 0.5) is 5.69 Å². The molecule has 0 aliphatic carbocycles. The van der Waals surface area contributed by atoms with Gasteiger partial charge in [0.15, 0.2) is 0 Å². The molecule has 0 saturated carbocycles. The number of rotatable bonds is 7. The molecule has 102 valence electrons. The summed E-state index contributed by atoms with van der Waals surface area (Å²) in [4.78, 5) is 14.0. The standard InChI is InChI=1S/C11H19BrN4O2/c1-15(2)5-6-16-11(17)10(12)9(8-14-16)13-4-7-18-3/h8,13H,4-7H2,1-3H3. The summed E-state index contributed by atoms with van der Waals surface area (Å²) in [6.45, 7) is 2.56. The lowest BCUT2D eigenvalue weighted by molar-refractivity contribution is 0.210. The first-order valence-corrected chi connectivity index (χ1v) is 6.48. The number of hydrogen-bond acceptors (Lipinski definition) is 5. The molecular weight excluding hydrogens is 300 g/mol. The smallest absolute Gasteiger partial charge is 0.283 e. The van der Waals surface area contributed by atoms with Gasteiger partial charge in [-0.1, -0.05) is 0 Å². The summed E-state index contributed by atoms with van der Waals surface area (Å²) < 4.78 is 6.89. The van der Waals surface area contributed by atoms with Gasteiger partial charge in [-0.25, -0.2) is 4.68 Å². The molecule has 6 nitrogen and oxygen atoms in total. The molecule has 1 aromatic rings. The van der Waals surface area contributed by atoms with Crippen LogP contribution in [0.15, 0.2) is 15.5 Å². The second-order valence-corrected chi connectivity index (χ2v) is 4.92. The zero-order chi connectivity index (χ0) is 13.5. The maximum Gasteiger partial charge on any atom is 0.283 e. The van der Waals surface area contributed by atoms with Gasteiger partial charge in [0.2, 0.25) is 0 Å². The summed E-state index contributed by atoms with van der Waals surface area (Å²) in [5.41, 5.74) is 0.567. The van der Waals surface area contributed by atoms with E-state index in [0.29, 0.717) is 29.9 Å². The Balaban J connectivity index is 2.75. The van der Waals surface area contributed by atoms with Crippen molar-refractivity contribution in [3.05, 3.63) is 21.0 Å². The molecule has 0 fully saturated rings. The monoisotopic (exact) mass is 318 g/mol. The first-order valence-electron chi connectivity index (χ1n) is 5.69. The molecule has 7 heteroatoms. The topological polar surface area (TPSA) is 59.4 Å². The lowest BCUT2D eigenvalue weighted by Gasteiger charge is -2.12. The highest BCUT2D eigenvalue weighted by molar-refractivity contribution is 9.10. The van der Waals surface area contributed by atoms with Crippen LogP contribution in [-0.4, -0.2) is 55.6 Å². The fourth-order valence-electron chi connectivity index (χ4n) is 1.33. The van der Waals surface area contributed by atoms with Gasteiger partial charge in [-0.05, 0) is 30.0 Å². The number of likely N-dealkylation sites (N-methyl/N-ethyl adjacent to an activating group) is 1. The van der Waals surface area contributed by atoms with Gasteiger partial charge in [0.1, 0.15) is 4.47 Å². The molecule has 0 aromatic carbocycles. The minimum absolute atomic E-state index is 0.126. The number of nitrogens with one attached hydrogen (secondary N) is 1. The molecule has 0 atom stereocenters. The van der Waals surface area contributed by atoms with Crippen LogP contribution in [-0.2, 0) is 11.3 Å². The molecule has 0 radical (unpaired) electrons. The van der Waals surface area contributed by atoms with Gasteiger partial charge in [0.05, 0.1) is 25.0 Å². The molecule has 0 spiro atoms. The fraction of sp³-hybridized carbons (Fsp3) is 0.636. The molecule has 1 N–H and O–H groups in total. The van der Waals surface area contributed by atoms with Crippen LogP contribution in [0, 0.1) is 0 Å². The SMILES string of the molecule is COCCNc1cnn(CCN(C)C)c(=O)c1Br. The van der Waals surface area contributed by atoms with Crippen molar-refractivity contribution in [1.82, 2.24) is 14.7 Å². The molecule has 1 rings (SSSR count). The number of halogens is 1. The number of ether oxygens (including phenoxy) is 1. The van der Waals surface area contributed by atoms with Gasteiger partial charge in [0, 0.05) is 20.2 Å². The Bertz CT molecular complexity index is 434. The van der Waals surface area contributed by atoms with E-state index < -0.39 is 0 Å². The highest BCUT2D eigenvalue weighted by Gasteiger charge is 2.08. The van der Waals surface area contributed by atoms with Gasteiger partial charge < -0.3 is 15.0 Å². The van der Waals surface area contributed by atoms with Crippen molar-refractivity contribution >= 4 is 21.6 Å². The maximum atomic E-state index is 12.0. The fourth-order valence-corrected chi connectivity index (χ4v) is 1.78. The van der Waals surface area contributed by atoms with Crippen LogP contribution in [0.3, 0.4) is 0 Å². The first-order chi connectivity index (χ1) is 8.56. The van der Waals surface area contributed by atoms with E-state index in [2.05, 4.69) is 26.3 Å². The van der Waals surface area contributed by atoms with E-state index in [4.69, 9.17) is 4.74 Å². The van der Waals surface area contributed by atoms with Gasteiger partial charge in [-0.2, -0.15) is 5.10 Å². The Labute approximate surface area is 115 Å². The van der Waals surface area contributed by atoms with Gasteiger partial charge in [-0.15, -0.1) is 0 Å². The van der Waals surface area contributed by atoms with Crippen molar-refractivity contribution < 1.29 is 4.74 Å². The van der Waals surface area contributed by atoms with Gasteiger partial charge in [0.25, 0.3) is 5.56 Å². The number of aromatic nitrogens is 2. The Hall–Kier alpha value is -0.920. The Morgan fingerprint density at radius 3 is 2.89 bits per heavy atom. The van der Waals surface area contributed by atoms with Crippen LogP contribution < -0.4 is 10.9 Å². The summed E-state index contributed by atoms with van der Waals surface area (Å²) in [7, 11) is 5.55. The Morgan fingerprint density at radius 2 is 2.28 bits per heavy atom. The number of methoxy groups -OCH3 is 1. The van der Waals surface area contributed by atoms with E-state index in [0.717, 1.165) is 6.54 Å². The Kier molecular flexibility index (Phi) is 6.31. The van der Waals surface area contributed by atoms with Crippen molar-refractivity contribution in [1.29, 1.82) is 0 Å². The third-order valence-electron chi connectivity index (χ3n) is 2.37. The number of anilines is 1. The normalized spacial score (nSPS) is 10.9. The molecule has 0 amide bonds. The van der Waals surface area contributed by atoms with Crippen LogP contribution >= 0.6 is 15.9 Å². The first kappa shape index (κ1) is 15.1. The van der Waals surface area contributed by atoms with E-state index >= 15 is 0 Å². The highest BCUT2D eigenvalue weighted by Crippen LogP contribution is 2.15. The van der Waals surface area contributed by atoms with E-state index in [1.165, 1.54) is 4.68 Å². The van der Waals surface area contributed by atoms with Crippen molar-refractivity contribution in [2.45, 2.75) is 6.54 Å². The molecule has 0 saturated heterocycles. The minimum Gasteiger partial charge on any atom is -0.383 e. The number of nitrogens with zero attached hydrogens (tertiary/aromatic N) is 3. The Morgan fingerprint density at radius 1 is 1.56 bits per heavy atom. The summed E-state index contributed by atoms with van der Waals surface area (Å²) in [5, 5.41) is 7.22. The van der Waals surface area contributed by atoms with Gasteiger partial charge in [-0.3, -0.25) is 4.79 Å². The average molecular weight is 319 g/mol. The number of hydrogen-bond donors (Lipinski definition) is 1. The van der Waals surface area contributed by atoms with Crippen molar-refractivity contribution in [2.75, 3.05) is 46.2 Å². The van der Waals surface area contributed by atoms with E-state index in [-0.39, 0.29) is 5.56 Å². The van der Waals surface area contributed by atoms with Crippen LogP contribution in [0.2, 0.25) is 0 Å². The largest absolute Gasteiger partial charge is 0.383 e. The summed E-state index contributed by atoms with van der Waals surface area (Å²) in [6.07, 6.45) is 1.65. The minimum atomic E-state index is -0.126. The van der Waals surface area contributed by atoms with Crippen LogP contribution in [0.1, 0.15) is 0 Å². The van der Waals surface area contributed by atoms with Crippen molar-refractivity contribution in [3.8, 4) is 0 Å². The lowest BCUT2D eigenvalue weighted by Crippen LogP contribution is -2.29. The molecule has 1 heterocycles. The average Bonchev–Trinajstić information content (AvgIpc) is 2.33. The summed E-state index contributed by atoms with van der Waals surface area (Å²) in [6, 6.07) is 0. The second kappa shape index (κ2) is 7.50. The maximum absolute atomic E-state index is 12.0. The molecule has 0 aliphatic heterocycles. The second-order valence-electron chi connectivity index (χ2n) is 4.12. The lowest BCUT2D eigenvalue weighted by atomic mass is 10.4. The predicted octanol–water partition coefficient (Wildman–Crippen LogP) is 0.626. The third-order valence-corrected chi connectivity index (χ3v) is 3.13. The molecule has 1 aromatic heterocycles. The predicted molar refractivity (Wildman–Crippen MR) is 75.1 cm³/mol. The zero-order valence-electron chi connectivity index (χ0n) is 10.9. The highest BCUT2D eigenvalue weighted by atomic mass is 79.9. The zero-order valence-corrected chi connectivity index (χ0v) is 12.5. The van der Waals surface area contributed by atoms with Crippen molar-refractivity contribution in [3.63, 3.8) is 0 Å². The van der Waals surface area contributed by atoms with Gasteiger partial charge >= 0.3 is 0 Å². The van der Waals surface area contributed by atoms with Crippen LogP contribution in [0.25, 0.3) is 0 Å². The van der Waals surface area contributed by atoms with Crippen molar-refractivity contribution in [2.24, 2.45) is 0 Å². The van der Waals surface area contributed by atoms with E-state index in [9.17, 15) is 4.79 Å². The molecule has 0 unspecified atom stereocenters. The summed E-state index contributed by atoms with van der Waals surface area (Å²) >= 11 is 3.30.